The van der Waals surface area contributed by atoms with Gasteiger partial charge in [0.1, 0.15) is 22.3 Å². The normalized spacial score (nSPS) is 11.6. The van der Waals surface area contributed by atoms with Crippen LogP contribution >= 0.6 is 0 Å². The molecular weight excluding hydrogens is 478 g/mol. The van der Waals surface area contributed by atoms with Crippen molar-refractivity contribution in [2.45, 2.75) is 0 Å². The van der Waals surface area contributed by atoms with E-state index in [1.165, 1.54) is 0 Å². The molecule has 0 saturated carbocycles. The maximum Gasteiger partial charge on any atom is 0.135 e. The minimum Gasteiger partial charge on any atom is -0.456 e. The van der Waals surface area contributed by atoms with Crippen LogP contribution in [0.2, 0.25) is 0 Å². The summed E-state index contributed by atoms with van der Waals surface area (Å²) in [6.07, 6.45) is 0. The summed E-state index contributed by atoms with van der Waals surface area (Å²) in [5, 5.41) is 8.16. The van der Waals surface area contributed by atoms with Crippen molar-refractivity contribution in [2.75, 3.05) is 5.32 Å². The summed E-state index contributed by atoms with van der Waals surface area (Å²) >= 11 is 0. The number of furan rings is 2. The second-order valence-corrected chi connectivity index (χ2v) is 9.90. The van der Waals surface area contributed by atoms with Crippen LogP contribution in [0.3, 0.4) is 0 Å². The SMILES string of the molecule is c1cc(Nc2cccc(-c3ccc4oc5ccccc5c4c3)c2)cc(-c2ccc3oc4ccccc4c3c2)c1. The van der Waals surface area contributed by atoms with Gasteiger partial charge in [0.2, 0.25) is 0 Å². The minimum atomic E-state index is 0.910. The van der Waals surface area contributed by atoms with Gasteiger partial charge in [-0.15, -0.1) is 0 Å². The molecule has 0 bridgehead atoms. The minimum absolute atomic E-state index is 0.910. The first-order valence-electron chi connectivity index (χ1n) is 13.1. The van der Waals surface area contributed by atoms with Crippen molar-refractivity contribution in [1.29, 1.82) is 0 Å². The van der Waals surface area contributed by atoms with Gasteiger partial charge in [-0.25, -0.2) is 0 Å². The molecule has 0 saturated heterocycles. The molecule has 1 N–H and O–H groups in total. The molecule has 0 atom stereocenters. The monoisotopic (exact) mass is 501 g/mol. The highest BCUT2D eigenvalue weighted by Gasteiger charge is 2.10. The third-order valence-corrected chi connectivity index (χ3v) is 7.43. The summed E-state index contributed by atoms with van der Waals surface area (Å²) in [6.45, 7) is 0. The van der Waals surface area contributed by atoms with Gasteiger partial charge in [0.15, 0.2) is 0 Å². The van der Waals surface area contributed by atoms with Crippen molar-refractivity contribution >= 4 is 55.3 Å². The Morgan fingerprint density at radius 3 is 1.28 bits per heavy atom. The summed E-state index contributed by atoms with van der Waals surface area (Å²) in [7, 11) is 0. The van der Waals surface area contributed by atoms with Crippen molar-refractivity contribution in [3.8, 4) is 22.3 Å². The smallest absolute Gasteiger partial charge is 0.135 e. The van der Waals surface area contributed by atoms with E-state index < -0.39 is 0 Å². The van der Waals surface area contributed by atoms with E-state index in [9.17, 15) is 0 Å². The molecule has 3 nitrogen and oxygen atoms in total. The Morgan fingerprint density at radius 2 is 0.769 bits per heavy atom. The average Bonchev–Trinajstić information content (AvgIpc) is 3.55. The van der Waals surface area contributed by atoms with Crippen molar-refractivity contribution in [3.63, 3.8) is 0 Å². The van der Waals surface area contributed by atoms with Crippen LogP contribution in [0, 0.1) is 0 Å². The van der Waals surface area contributed by atoms with Gasteiger partial charge in [-0.1, -0.05) is 72.8 Å². The number of anilines is 2. The second kappa shape index (κ2) is 8.64. The lowest BCUT2D eigenvalue weighted by Crippen LogP contribution is -1.91. The highest BCUT2D eigenvalue weighted by atomic mass is 16.3. The molecule has 0 spiro atoms. The highest BCUT2D eigenvalue weighted by molar-refractivity contribution is 6.07. The molecule has 39 heavy (non-hydrogen) atoms. The Kier molecular flexibility index (Phi) is 4.82. The topological polar surface area (TPSA) is 38.3 Å². The van der Waals surface area contributed by atoms with E-state index in [1.807, 2.05) is 24.3 Å². The van der Waals surface area contributed by atoms with Gasteiger partial charge in [-0.05, 0) is 82.9 Å². The number of para-hydroxylation sites is 2. The first-order chi connectivity index (χ1) is 19.3. The Hall–Kier alpha value is -5.28. The van der Waals surface area contributed by atoms with Gasteiger partial charge in [0.05, 0.1) is 0 Å². The van der Waals surface area contributed by atoms with Gasteiger partial charge in [-0.2, -0.15) is 0 Å². The highest BCUT2D eigenvalue weighted by Crippen LogP contribution is 2.35. The number of fused-ring (bicyclic) bond motifs is 6. The standard InChI is InChI=1S/C36H23NO2/c1-3-13-33-29(11-1)31-21-25(15-17-35(31)38-33)23-7-5-9-27(19-23)37-28-10-6-8-24(20-28)26-16-18-36-32(22-26)30-12-2-4-14-34(30)39-36/h1-22,37H. The number of benzene rings is 6. The van der Waals surface area contributed by atoms with Crippen LogP contribution in [0.1, 0.15) is 0 Å². The van der Waals surface area contributed by atoms with E-state index >= 15 is 0 Å². The number of rotatable bonds is 4. The molecular formula is C36H23NO2. The molecule has 6 aromatic carbocycles. The molecule has 0 amide bonds. The quantitative estimate of drug-likeness (QED) is 0.261. The zero-order valence-electron chi connectivity index (χ0n) is 21.0. The van der Waals surface area contributed by atoms with E-state index in [2.05, 4.69) is 115 Å². The first kappa shape index (κ1) is 21.8. The molecule has 0 aliphatic carbocycles. The Morgan fingerprint density at radius 1 is 0.333 bits per heavy atom. The third kappa shape index (κ3) is 3.75. The maximum absolute atomic E-state index is 6.02. The Bertz CT molecular complexity index is 2010. The molecule has 2 aromatic heterocycles. The van der Waals surface area contributed by atoms with Crippen molar-refractivity contribution in [2.24, 2.45) is 0 Å². The van der Waals surface area contributed by atoms with Crippen LogP contribution in [0.4, 0.5) is 11.4 Å². The average molecular weight is 502 g/mol. The van der Waals surface area contributed by atoms with Gasteiger partial charge in [0.25, 0.3) is 0 Å². The maximum atomic E-state index is 6.02. The van der Waals surface area contributed by atoms with Crippen LogP contribution in [-0.2, 0) is 0 Å². The molecule has 2 heterocycles. The van der Waals surface area contributed by atoms with Gasteiger partial charge >= 0.3 is 0 Å². The van der Waals surface area contributed by atoms with Gasteiger partial charge in [-0.3, -0.25) is 0 Å². The lowest BCUT2D eigenvalue weighted by atomic mass is 10.0. The molecule has 3 heteroatoms. The Labute approximate surface area is 224 Å². The Balaban J connectivity index is 1.12. The molecule has 0 unspecified atom stereocenters. The summed E-state index contributed by atoms with van der Waals surface area (Å²) in [5.74, 6) is 0. The molecule has 0 fully saturated rings. The second-order valence-electron chi connectivity index (χ2n) is 9.90. The number of hydrogen-bond donors (Lipinski definition) is 1. The van der Waals surface area contributed by atoms with E-state index in [-0.39, 0.29) is 0 Å². The van der Waals surface area contributed by atoms with Crippen LogP contribution in [0.15, 0.2) is 142 Å². The first-order valence-corrected chi connectivity index (χ1v) is 13.1. The molecule has 184 valence electrons. The van der Waals surface area contributed by atoms with Crippen LogP contribution < -0.4 is 5.32 Å². The van der Waals surface area contributed by atoms with Crippen molar-refractivity contribution in [1.82, 2.24) is 0 Å². The largest absolute Gasteiger partial charge is 0.456 e. The summed E-state index contributed by atoms with van der Waals surface area (Å²) in [6, 6.07) is 46.3. The van der Waals surface area contributed by atoms with E-state index in [0.29, 0.717) is 0 Å². The lowest BCUT2D eigenvalue weighted by molar-refractivity contribution is 0.668. The van der Waals surface area contributed by atoms with Crippen molar-refractivity contribution < 1.29 is 8.83 Å². The summed E-state index contributed by atoms with van der Waals surface area (Å²) < 4.78 is 12.0. The van der Waals surface area contributed by atoms with Crippen LogP contribution in [0.5, 0.6) is 0 Å². The predicted molar refractivity (Wildman–Crippen MR) is 162 cm³/mol. The number of hydrogen-bond acceptors (Lipinski definition) is 3. The van der Waals surface area contributed by atoms with Crippen molar-refractivity contribution in [3.05, 3.63) is 133 Å². The van der Waals surface area contributed by atoms with E-state index in [4.69, 9.17) is 8.83 Å². The fraction of sp³-hybridized carbons (Fsp3) is 0. The zero-order chi connectivity index (χ0) is 25.8. The lowest BCUT2D eigenvalue weighted by Gasteiger charge is -2.11. The van der Waals surface area contributed by atoms with E-state index in [0.717, 1.165) is 77.5 Å². The third-order valence-electron chi connectivity index (χ3n) is 7.43. The van der Waals surface area contributed by atoms with Gasteiger partial charge < -0.3 is 14.2 Å². The molecule has 8 rings (SSSR count). The molecule has 8 aromatic rings. The van der Waals surface area contributed by atoms with E-state index in [1.54, 1.807) is 0 Å². The van der Waals surface area contributed by atoms with Crippen LogP contribution in [0.25, 0.3) is 66.1 Å². The predicted octanol–water partition coefficient (Wildman–Crippen LogP) is 10.6. The van der Waals surface area contributed by atoms with Crippen LogP contribution in [-0.4, -0.2) is 0 Å². The summed E-state index contributed by atoms with van der Waals surface area (Å²) in [5.41, 5.74) is 10.4. The fourth-order valence-electron chi connectivity index (χ4n) is 5.53. The fourth-order valence-corrected chi connectivity index (χ4v) is 5.53. The zero-order valence-corrected chi connectivity index (χ0v) is 21.0. The molecule has 0 aliphatic rings. The van der Waals surface area contributed by atoms with Gasteiger partial charge in [0, 0.05) is 32.9 Å². The molecule has 0 radical (unpaired) electrons. The summed E-state index contributed by atoms with van der Waals surface area (Å²) in [4.78, 5) is 0. The number of nitrogens with one attached hydrogen (secondary N) is 1. The molecule has 0 aliphatic heterocycles.